The van der Waals surface area contributed by atoms with Gasteiger partial charge in [0, 0.05) is 12.5 Å². The van der Waals surface area contributed by atoms with Gasteiger partial charge in [-0.25, -0.2) is 0 Å². The van der Waals surface area contributed by atoms with Gasteiger partial charge in [-0.05, 0) is 29.8 Å². The molecule has 0 aromatic carbocycles. The van der Waals surface area contributed by atoms with E-state index < -0.39 is 0 Å². The van der Waals surface area contributed by atoms with E-state index >= 15 is 0 Å². The maximum absolute atomic E-state index is 10.5. The molecular formula is C9H13BrN2O2. The van der Waals surface area contributed by atoms with Crippen LogP contribution in [0.15, 0.2) is 4.60 Å². The summed E-state index contributed by atoms with van der Waals surface area (Å²) >= 11 is 3.43. The minimum Gasteiger partial charge on any atom is -0.464 e. The molecule has 0 N–H and O–H groups in total. The number of nitrogens with zero attached hydrogens (tertiary/aromatic N) is 2. The molecule has 0 radical (unpaired) electrons. The summed E-state index contributed by atoms with van der Waals surface area (Å²) in [6.45, 7) is 6.27. The molecule has 0 aliphatic carbocycles. The van der Waals surface area contributed by atoms with Crippen LogP contribution in [0.5, 0.6) is 0 Å². The number of rotatable bonds is 3. The number of esters is 1. The van der Waals surface area contributed by atoms with Gasteiger partial charge in [-0.15, -0.1) is 0 Å². The van der Waals surface area contributed by atoms with Crippen molar-refractivity contribution in [1.29, 1.82) is 0 Å². The number of aromatic nitrogens is 2. The molecule has 0 unspecified atom stereocenters. The Hall–Kier alpha value is -0.840. The van der Waals surface area contributed by atoms with Crippen LogP contribution in [0.2, 0.25) is 0 Å². The third-order valence-electron chi connectivity index (χ3n) is 1.96. The predicted octanol–water partition coefficient (Wildman–Crippen LogP) is 1.83. The van der Waals surface area contributed by atoms with Crippen LogP contribution in [0.4, 0.5) is 0 Å². The Morgan fingerprint density at radius 1 is 1.57 bits per heavy atom. The summed E-state index contributed by atoms with van der Waals surface area (Å²) in [5.41, 5.74) is 2.10. The summed E-state index contributed by atoms with van der Waals surface area (Å²) in [5.74, 6) is -0.262. The van der Waals surface area contributed by atoms with Gasteiger partial charge in [-0.1, -0.05) is 0 Å². The molecule has 14 heavy (non-hydrogen) atoms. The fraction of sp³-hybridized carbons (Fsp3) is 0.556. The van der Waals surface area contributed by atoms with Gasteiger partial charge in [0.05, 0.1) is 12.2 Å². The Morgan fingerprint density at radius 3 is 2.64 bits per heavy atom. The van der Waals surface area contributed by atoms with E-state index in [1.165, 1.54) is 6.92 Å². The van der Waals surface area contributed by atoms with Gasteiger partial charge in [-0.2, -0.15) is 5.10 Å². The van der Waals surface area contributed by atoms with Crippen molar-refractivity contribution < 1.29 is 9.53 Å². The van der Waals surface area contributed by atoms with Crippen LogP contribution in [-0.4, -0.2) is 22.4 Å². The minimum absolute atomic E-state index is 0.262. The first-order valence-electron chi connectivity index (χ1n) is 4.35. The van der Waals surface area contributed by atoms with Gasteiger partial charge in [0.25, 0.3) is 0 Å². The van der Waals surface area contributed by atoms with Crippen molar-refractivity contribution in [2.24, 2.45) is 0 Å². The Balaban J connectivity index is 2.59. The Labute approximate surface area is 91.4 Å². The molecule has 0 fully saturated rings. The van der Waals surface area contributed by atoms with Crippen molar-refractivity contribution >= 4 is 21.9 Å². The van der Waals surface area contributed by atoms with Crippen molar-refractivity contribution in [2.45, 2.75) is 27.3 Å². The second kappa shape index (κ2) is 4.59. The zero-order chi connectivity index (χ0) is 10.7. The molecule has 0 amide bonds. The first-order chi connectivity index (χ1) is 6.52. The Morgan fingerprint density at radius 2 is 2.21 bits per heavy atom. The molecule has 0 spiro atoms. The lowest BCUT2D eigenvalue weighted by Crippen LogP contribution is -2.10. The highest BCUT2D eigenvalue weighted by molar-refractivity contribution is 9.10. The quantitative estimate of drug-likeness (QED) is 0.779. The maximum atomic E-state index is 10.5. The summed E-state index contributed by atoms with van der Waals surface area (Å²) in [4.78, 5) is 10.5. The Bertz CT molecular complexity index is 347. The zero-order valence-corrected chi connectivity index (χ0v) is 10.1. The van der Waals surface area contributed by atoms with Gasteiger partial charge < -0.3 is 4.74 Å². The van der Waals surface area contributed by atoms with E-state index in [0.717, 1.165) is 15.9 Å². The summed E-state index contributed by atoms with van der Waals surface area (Å²) in [5, 5.41) is 4.29. The molecule has 0 aliphatic rings. The first-order valence-corrected chi connectivity index (χ1v) is 5.14. The second-order valence-electron chi connectivity index (χ2n) is 3.06. The lowest BCUT2D eigenvalue weighted by molar-refractivity contribution is -0.141. The third-order valence-corrected chi connectivity index (χ3v) is 2.96. The fourth-order valence-electron chi connectivity index (χ4n) is 1.07. The number of halogens is 1. The average molecular weight is 261 g/mol. The fourth-order valence-corrected chi connectivity index (χ4v) is 1.61. The molecule has 0 saturated heterocycles. The molecule has 5 heteroatoms. The van der Waals surface area contributed by atoms with Crippen molar-refractivity contribution in [3.63, 3.8) is 0 Å². The smallest absolute Gasteiger partial charge is 0.302 e. The standard InChI is InChI=1S/C9H13BrN2O2/c1-6-7(2)11-12(9(6)10)4-5-14-8(3)13/h4-5H2,1-3H3. The normalized spacial score (nSPS) is 10.3. The van der Waals surface area contributed by atoms with Crippen LogP contribution in [-0.2, 0) is 16.1 Å². The monoisotopic (exact) mass is 260 g/mol. The molecule has 1 aromatic heterocycles. The van der Waals surface area contributed by atoms with Crippen LogP contribution in [0.1, 0.15) is 18.2 Å². The molecule has 0 atom stereocenters. The van der Waals surface area contributed by atoms with Crippen molar-refractivity contribution in [3.05, 3.63) is 15.9 Å². The van der Waals surface area contributed by atoms with Crippen molar-refractivity contribution in [3.8, 4) is 0 Å². The number of hydrogen-bond donors (Lipinski definition) is 0. The third kappa shape index (κ3) is 2.57. The van der Waals surface area contributed by atoms with Crippen LogP contribution >= 0.6 is 15.9 Å². The van der Waals surface area contributed by atoms with E-state index in [4.69, 9.17) is 4.74 Å². The molecule has 78 valence electrons. The van der Waals surface area contributed by atoms with Crippen LogP contribution in [0, 0.1) is 13.8 Å². The SMILES string of the molecule is CC(=O)OCCn1nc(C)c(C)c1Br. The highest BCUT2D eigenvalue weighted by Crippen LogP contribution is 2.18. The number of hydrogen-bond acceptors (Lipinski definition) is 3. The number of ether oxygens (including phenoxy) is 1. The van der Waals surface area contributed by atoms with E-state index in [1.54, 1.807) is 4.68 Å². The van der Waals surface area contributed by atoms with Gasteiger partial charge >= 0.3 is 5.97 Å². The number of carbonyl (C=O) groups excluding carboxylic acids is 1. The van der Waals surface area contributed by atoms with E-state index in [9.17, 15) is 4.79 Å². The largest absolute Gasteiger partial charge is 0.464 e. The van der Waals surface area contributed by atoms with E-state index in [2.05, 4.69) is 21.0 Å². The van der Waals surface area contributed by atoms with Gasteiger partial charge in [-0.3, -0.25) is 9.48 Å². The average Bonchev–Trinajstić information content (AvgIpc) is 2.33. The number of carbonyl (C=O) groups is 1. The molecule has 0 saturated carbocycles. The number of aryl methyl sites for hydroxylation is 1. The highest BCUT2D eigenvalue weighted by atomic mass is 79.9. The molecule has 1 heterocycles. The highest BCUT2D eigenvalue weighted by Gasteiger charge is 2.08. The van der Waals surface area contributed by atoms with E-state index in [1.807, 2.05) is 13.8 Å². The topological polar surface area (TPSA) is 44.1 Å². The minimum atomic E-state index is -0.262. The molecule has 0 aliphatic heterocycles. The van der Waals surface area contributed by atoms with Crippen LogP contribution in [0.3, 0.4) is 0 Å². The van der Waals surface area contributed by atoms with Gasteiger partial charge in [0.1, 0.15) is 11.2 Å². The van der Waals surface area contributed by atoms with E-state index in [0.29, 0.717) is 13.2 Å². The maximum Gasteiger partial charge on any atom is 0.302 e. The first kappa shape index (κ1) is 11.2. The summed E-state index contributed by atoms with van der Waals surface area (Å²) < 4.78 is 7.56. The molecular weight excluding hydrogens is 248 g/mol. The molecule has 1 aromatic rings. The molecule has 1 rings (SSSR count). The molecule has 4 nitrogen and oxygen atoms in total. The lowest BCUT2D eigenvalue weighted by Gasteiger charge is -2.03. The van der Waals surface area contributed by atoms with Gasteiger partial charge in [0.2, 0.25) is 0 Å². The summed E-state index contributed by atoms with van der Waals surface area (Å²) in [7, 11) is 0. The Kier molecular flexibility index (Phi) is 3.69. The summed E-state index contributed by atoms with van der Waals surface area (Å²) in [6, 6.07) is 0. The summed E-state index contributed by atoms with van der Waals surface area (Å²) in [6.07, 6.45) is 0. The predicted molar refractivity (Wildman–Crippen MR) is 56.0 cm³/mol. The lowest BCUT2D eigenvalue weighted by atomic mass is 10.3. The zero-order valence-electron chi connectivity index (χ0n) is 8.50. The van der Waals surface area contributed by atoms with Crippen LogP contribution < -0.4 is 0 Å². The van der Waals surface area contributed by atoms with Gasteiger partial charge in [0.15, 0.2) is 0 Å². The second-order valence-corrected chi connectivity index (χ2v) is 3.82. The van der Waals surface area contributed by atoms with Crippen molar-refractivity contribution in [1.82, 2.24) is 9.78 Å². The van der Waals surface area contributed by atoms with E-state index in [-0.39, 0.29) is 5.97 Å². The van der Waals surface area contributed by atoms with Crippen LogP contribution in [0.25, 0.3) is 0 Å². The molecule has 0 bridgehead atoms. The van der Waals surface area contributed by atoms with Crippen molar-refractivity contribution in [2.75, 3.05) is 6.61 Å².